The van der Waals surface area contributed by atoms with Crippen LogP contribution in [0.2, 0.25) is 0 Å². The fraction of sp³-hybridized carbons (Fsp3) is 0.280. The Balaban J connectivity index is 1.34. The summed E-state index contributed by atoms with van der Waals surface area (Å²) in [7, 11) is 0. The largest absolute Gasteiger partial charge is 0.423 e. The highest BCUT2D eigenvalue weighted by atomic mass is 19.4. The van der Waals surface area contributed by atoms with Gasteiger partial charge in [-0.05, 0) is 37.1 Å². The van der Waals surface area contributed by atoms with Crippen LogP contribution < -0.4 is 16.4 Å². The number of benzene rings is 1. The molecular formula is C25H20F6N8O3. The molecule has 0 radical (unpaired) electrons. The van der Waals surface area contributed by atoms with Crippen molar-refractivity contribution in [2.24, 2.45) is 0 Å². The highest BCUT2D eigenvalue weighted by Gasteiger charge is 2.37. The van der Waals surface area contributed by atoms with Crippen molar-refractivity contribution in [3.8, 4) is 11.4 Å². The van der Waals surface area contributed by atoms with Gasteiger partial charge < -0.3 is 10.1 Å². The molecule has 4 heterocycles. The van der Waals surface area contributed by atoms with Crippen LogP contribution in [0.15, 0.2) is 58.6 Å². The Morgan fingerprint density at radius 2 is 1.95 bits per heavy atom. The molecular weight excluding hydrogens is 574 g/mol. The van der Waals surface area contributed by atoms with Crippen LogP contribution in [0.5, 0.6) is 0 Å². The van der Waals surface area contributed by atoms with Crippen LogP contribution in [0.3, 0.4) is 0 Å². The minimum Gasteiger partial charge on any atom is -0.378 e. The van der Waals surface area contributed by atoms with Crippen LogP contribution in [0.1, 0.15) is 18.4 Å². The summed E-state index contributed by atoms with van der Waals surface area (Å²) in [5.74, 6) is -0.657. The van der Waals surface area contributed by atoms with Crippen molar-refractivity contribution in [1.29, 1.82) is 0 Å². The normalized spacial score (nSPS) is 12.8. The van der Waals surface area contributed by atoms with E-state index in [1.807, 2.05) is 0 Å². The zero-order valence-corrected chi connectivity index (χ0v) is 21.3. The monoisotopic (exact) mass is 594 g/mol. The molecule has 0 bridgehead atoms. The van der Waals surface area contributed by atoms with E-state index in [4.69, 9.17) is 0 Å². The fourth-order valence-corrected chi connectivity index (χ4v) is 4.36. The molecule has 0 amide bonds. The molecule has 1 atom stereocenters. The number of nitrogens with one attached hydrogen (secondary N) is 2. The molecule has 5 rings (SSSR count). The average Bonchev–Trinajstić information content (AvgIpc) is 3.36. The summed E-state index contributed by atoms with van der Waals surface area (Å²) in [6.45, 7) is -3.94. The van der Waals surface area contributed by atoms with Crippen LogP contribution in [0.25, 0.3) is 27.9 Å². The van der Waals surface area contributed by atoms with E-state index in [1.54, 1.807) is 29.5 Å². The van der Waals surface area contributed by atoms with Gasteiger partial charge in [0.15, 0.2) is 11.5 Å². The Kier molecular flexibility index (Phi) is 7.93. The molecule has 0 aliphatic rings. The lowest BCUT2D eigenvalue weighted by Gasteiger charge is -2.22. The number of ether oxygens (including phenoxy) is 1. The molecule has 2 N–H and O–H groups in total. The molecule has 0 fully saturated rings. The number of anilines is 1. The Hall–Kier alpha value is -4.80. The van der Waals surface area contributed by atoms with Gasteiger partial charge in [-0.15, -0.1) is 5.10 Å². The summed E-state index contributed by atoms with van der Waals surface area (Å²) >= 11 is 0. The highest BCUT2D eigenvalue weighted by molar-refractivity contribution is 5.82. The first-order chi connectivity index (χ1) is 20.0. The minimum absolute atomic E-state index is 0.0360. The number of alkyl halides is 5. The van der Waals surface area contributed by atoms with Gasteiger partial charge >= 0.3 is 12.8 Å². The molecule has 0 saturated heterocycles. The number of nitrogens with zero attached hydrogens (tertiary/aromatic N) is 6. The van der Waals surface area contributed by atoms with Gasteiger partial charge in [-0.2, -0.15) is 27.1 Å². The Morgan fingerprint density at radius 1 is 1.14 bits per heavy atom. The van der Waals surface area contributed by atoms with Crippen molar-refractivity contribution in [2.75, 3.05) is 11.9 Å². The van der Waals surface area contributed by atoms with E-state index in [1.165, 1.54) is 16.9 Å². The smallest absolute Gasteiger partial charge is 0.378 e. The average molecular weight is 594 g/mol. The molecule has 1 aromatic carbocycles. The zero-order valence-electron chi connectivity index (χ0n) is 21.3. The van der Waals surface area contributed by atoms with Crippen molar-refractivity contribution in [3.63, 3.8) is 0 Å². The molecule has 0 spiro atoms. The van der Waals surface area contributed by atoms with Crippen molar-refractivity contribution < 1.29 is 31.1 Å². The van der Waals surface area contributed by atoms with Gasteiger partial charge in [0.25, 0.3) is 11.1 Å². The topological polar surface area (TPSA) is 132 Å². The Bertz CT molecular complexity index is 1820. The maximum Gasteiger partial charge on any atom is 0.423 e. The van der Waals surface area contributed by atoms with Gasteiger partial charge in [0.2, 0.25) is 0 Å². The Labute approximate surface area is 230 Å². The first kappa shape index (κ1) is 28.7. The first-order valence-electron chi connectivity index (χ1n) is 12.3. The standard InChI is InChI=1S/C25H20F6N8O3/c26-16-8-15-17(9-14(16)21-35-19-5-1-2-7-39(19)37-21)32-12-38(23(15)41)6-3-4-13(11-42-24(27)28)34-18-10-33-36-22(40)20(18)25(29,30)31/h1-2,5,7-10,12-13,24H,3-4,6,11H2,(H2,34,36,40). The lowest BCUT2D eigenvalue weighted by molar-refractivity contribution is -0.138. The van der Waals surface area contributed by atoms with E-state index in [0.717, 1.165) is 10.6 Å². The summed E-state index contributed by atoms with van der Waals surface area (Å²) in [4.78, 5) is 33.3. The number of H-pyrrole nitrogens is 1. The summed E-state index contributed by atoms with van der Waals surface area (Å²) in [6, 6.07) is 6.42. The number of rotatable bonds is 10. The lowest BCUT2D eigenvalue weighted by atomic mass is 10.1. The van der Waals surface area contributed by atoms with Crippen LogP contribution >= 0.6 is 0 Å². The second kappa shape index (κ2) is 11.6. The SMILES string of the molecule is O=c1[nH]ncc(NC(CCCn2cnc3cc(-c4nc5ccccn5n4)c(F)cc3c2=O)COC(F)F)c1C(F)(F)F. The molecule has 0 aliphatic heterocycles. The molecule has 4 aromatic heterocycles. The molecule has 17 heteroatoms. The predicted octanol–water partition coefficient (Wildman–Crippen LogP) is 3.85. The van der Waals surface area contributed by atoms with Gasteiger partial charge in [-0.25, -0.2) is 24.0 Å². The molecule has 1 unspecified atom stereocenters. The van der Waals surface area contributed by atoms with E-state index in [9.17, 15) is 31.5 Å². The Morgan fingerprint density at radius 3 is 2.69 bits per heavy atom. The lowest BCUT2D eigenvalue weighted by Crippen LogP contribution is -2.32. The van der Waals surface area contributed by atoms with Gasteiger partial charge in [0, 0.05) is 18.8 Å². The van der Waals surface area contributed by atoms with E-state index >= 15 is 4.39 Å². The van der Waals surface area contributed by atoms with E-state index < -0.39 is 53.6 Å². The molecule has 0 aliphatic carbocycles. The minimum atomic E-state index is -5.05. The summed E-state index contributed by atoms with van der Waals surface area (Å²) < 4.78 is 87.5. The van der Waals surface area contributed by atoms with Gasteiger partial charge in [0.1, 0.15) is 11.4 Å². The number of hydrogen-bond donors (Lipinski definition) is 2. The van der Waals surface area contributed by atoms with Crippen molar-refractivity contribution in [2.45, 2.75) is 38.2 Å². The maximum absolute atomic E-state index is 15.0. The van der Waals surface area contributed by atoms with Crippen molar-refractivity contribution >= 4 is 22.2 Å². The molecule has 5 aromatic rings. The third-order valence-corrected chi connectivity index (χ3v) is 6.27. The summed E-state index contributed by atoms with van der Waals surface area (Å²) in [6.07, 6.45) is -1.46. The van der Waals surface area contributed by atoms with Crippen LogP contribution in [-0.2, 0) is 17.5 Å². The van der Waals surface area contributed by atoms with Gasteiger partial charge in [-0.1, -0.05) is 6.07 Å². The first-order valence-corrected chi connectivity index (χ1v) is 12.3. The van der Waals surface area contributed by atoms with Gasteiger partial charge in [-0.3, -0.25) is 14.2 Å². The maximum atomic E-state index is 15.0. The van der Waals surface area contributed by atoms with Gasteiger partial charge in [0.05, 0.1) is 41.3 Å². The molecule has 0 saturated carbocycles. The van der Waals surface area contributed by atoms with Crippen LogP contribution in [0, 0.1) is 5.82 Å². The summed E-state index contributed by atoms with van der Waals surface area (Å²) in [5, 5.41) is 11.6. The highest BCUT2D eigenvalue weighted by Crippen LogP contribution is 2.32. The zero-order chi connectivity index (χ0) is 30.0. The van der Waals surface area contributed by atoms with Crippen LogP contribution in [-0.4, -0.2) is 53.6 Å². The number of aromatic amines is 1. The summed E-state index contributed by atoms with van der Waals surface area (Å²) in [5.41, 5.74) is -3.69. The van der Waals surface area contributed by atoms with Crippen molar-refractivity contribution in [3.05, 3.63) is 81.1 Å². The van der Waals surface area contributed by atoms with E-state index in [0.29, 0.717) is 11.8 Å². The number of halogens is 6. The number of aryl methyl sites for hydroxylation is 1. The second-order valence-corrected chi connectivity index (χ2v) is 9.09. The second-order valence-electron chi connectivity index (χ2n) is 9.09. The molecule has 42 heavy (non-hydrogen) atoms. The predicted molar refractivity (Wildman–Crippen MR) is 136 cm³/mol. The quantitative estimate of drug-likeness (QED) is 0.233. The van der Waals surface area contributed by atoms with Crippen molar-refractivity contribution in [1.82, 2.24) is 34.3 Å². The number of pyridine rings is 1. The van der Waals surface area contributed by atoms with E-state index in [2.05, 4.69) is 30.2 Å². The third kappa shape index (κ3) is 6.09. The molecule has 11 nitrogen and oxygen atoms in total. The van der Waals surface area contributed by atoms with E-state index in [-0.39, 0.29) is 41.7 Å². The van der Waals surface area contributed by atoms with Crippen LogP contribution in [0.4, 0.5) is 32.0 Å². The molecule has 220 valence electrons. The number of fused-ring (bicyclic) bond motifs is 2. The third-order valence-electron chi connectivity index (χ3n) is 6.27. The number of aromatic nitrogens is 7. The fourth-order valence-electron chi connectivity index (χ4n) is 4.36. The number of hydrogen-bond acceptors (Lipinski definition) is 8.